The van der Waals surface area contributed by atoms with Gasteiger partial charge in [-0.2, -0.15) is 0 Å². The number of hydrogen-bond donors (Lipinski definition) is 0. The third-order valence-electron chi connectivity index (χ3n) is 0.851. The van der Waals surface area contributed by atoms with Crippen molar-refractivity contribution in [3.63, 3.8) is 0 Å². The van der Waals surface area contributed by atoms with E-state index in [0.29, 0.717) is 5.69 Å². The van der Waals surface area contributed by atoms with Crippen LogP contribution in [-0.4, -0.2) is 9.88 Å². The molecule has 1 heterocycles. The number of aldehydes is 1. The molecule has 2 nitrogen and oxygen atoms in total. The molecule has 0 saturated heterocycles. The highest BCUT2D eigenvalue weighted by atomic mass is 79.9. The number of carbonyl (C=O) groups excluding carboxylic acids is 1. The Balaban J connectivity index is 3.09. The minimum absolute atomic E-state index is 0.630. The van der Waals surface area contributed by atoms with Gasteiger partial charge in [-0.25, -0.2) is 0 Å². The van der Waals surface area contributed by atoms with Crippen molar-refractivity contribution in [1.82, 2.24) is 3.59 Å². The van der Waals surface area contributed by atoms with Gasteiger partial charge in [-0.05, 0) is 12.1 Å². The second-order valence-electron chi connectivity index (χ2n) is 1.36. The molecule has 0 bridgehead atoms. The first kappa shape index (κ1) is 5.56. The Labute approximate surface area is 55.5 Å². The van der Waals surface area contributed by atoms with Crippen molar-refractivity contribution < 1.29 is 4.79 Å². The molecule has 0 saturated carbocycles. The van der Waals surface area contributed by atoms with Gasteiger partial charge in [0.25, 0.3) is 0 Å². The average Bonchev–Trinajstić information content (AvgIpc) is 2.14. The van der Waals surface area contributed by atoms with E-state index < -0.39 is 0 Å². The molecule has 3 heteroatoms. The number of aromatic nitrogens is 1. The molecule has 42 valence electrons. The number of hydrogen-bond acceptors (Lipinski definition) is 1. The third-order valence-corrected chi connectivity index (χ3v) is 1.50. The molecule has 0 aliphatic carbocycles. The van der Waals surface area contributed by atoms with Gasteiger partial charge in [0.1, 0.15) is 0 Å². The Morgan fingerprint density at radius 2 is 2.50 bits per heavy atom. The number of nitrogens with zero attached hydrogens (tertiary/aromatic N) is 1. The molecule has 0 N–H and O–H groups in total. The fraction of sp³-hybridized carbons (Fsp3) is 0. The minimum atomic E-state index is 0.630. The summed E-state index contributed by atoms with van der Waals surface area (Å²) in [6.07, 6.45) is 2.54. The van der Waals surface area contributed by atoms with Crippen molar-refractivity contribution in [3.05, 3.63) is 24.0 Å². The van der Waals surface area contributed by atoms with Crippen LogP contribution >= 0.6 is 16.1 Å². The predicted octanol–water partition coefficient (Wildman–Crippen LogP) is 1.46. The molecule has 8 heavy (non-hydrogen) atoms. The second kappa shape index (κ2) is 2.13. The van der Waals surface area contributed by atoms with Gasteiger partial charge in [-0.3, -0.25) is 8.39 Å². The molecular weight excluding hydrogens is 170 g/mol. The molecule has 1 aromatic heterocycles. The average molecular weight is 174 g/mol. The molecule has 0 spiro atoms. The standard InChI is InChI=1S/C5H4BrNO/c6-7-3-1-2-5(7)4-8/h1-4H. The quantitative estimate of drug-likeness (QED) is 0.590. The third kappa shape index (κ3) is 0.816. The fourth-order valence-corrected chi connectivity index (χ4v) is 0.802. The summed E-state index contributed by atoms with van der Waals surface area (Å²) in [6.45, 7) is 0. The maximum atomic E-state index is 10.0. The molecule has 0 amide bonds. The van der Waals surface area contributed by atoms with Crippen molar-refractivity contribution >= 4 is 22.4 Å². The zero-order valence-electron chi connectivity index (χ0n) is 4.04. The van der Waals surface area contributed by atoms with Crippen LogP contribution < -0.4 is 0 Å². The van der Waals surface area contributed by atoms with Crippen LogP contribution in [-0.2, 0) is 0 Å². The van der Waals surface area contributed by atoms with E-state index in [4.69, 9.17) is 0 Å². The minimum Gasteiger partial charge on any atom is -0.296 e. The van der Waals surface area contributed by atoms with Gasteiger partial charge in [-0.15, -0.1) is 0 Å². The number of carbonyl (C=O) groups is 1. The van der Waals surface area contributed by atoms with E-state index in [0.717, 1.165) is 6.29 Å². The van der Waals surface area contributed by atoms with E-state index in [9.17, 15) is 4.79 Å². The maximum absolute atomic E-state index is 10.0. The first-order valence-corrected chi connectivity index (χ1v) is 2.84. The van der Waals surface area contributed by atoms with Crippen molar-refractivity contribution in [2.75, 3.05) is 0 Å². The normalized spacial score (nSPS) is 9.12. The van der Waals surface area contributed by atoms with Gasteiger partial charge in [-0.1, -0.05) is 0 Å². The smallest absolute Gasteiger partial charge is 0.167 e. The van der Waals surface area contributed by atoms with Gasteiger partial charge in [0.05, 0.1) is 21.8 Å². The van der Waals surface area contributed by atoms with E-state index in [1.807, 2.05) is 0 Å². The highest BCUT2D eigenvalue weighted by Crippen LogP contribution is 2.00. The zero-order valence-corrected chi connectivity index (χ0v) is 5.63. The largest absolute Gasteiger partial charge is 0.296 e. The Kier molecular flexibility index (Phi) is 1.48. The van der Waals surface area contributed by atoms with Gasteiger partial charge >= 0.3 is 0 Å². The molecule has 0 aromatic carbocycles. The van der Waals surface area contributed by atoms with Crippen LogP contribution in [0.5, 0.6) is 0 Å². The highest BCUT2D eigenvalue weighted by Gasteiger charge is 1.90. The van der Waals surface area contributed by atoms with Crippen molar-refractivity contribution in [2.24, 2.45) is 0 Å². The van der Waals surface area contributed by atoms with Crippen LogP contribution in [0.3, 0.4) is 0 Å². The van der Waals surface area contributed by atoms with E-state index in [1.54, 1.807) is 21.9 Å². The summed E-state index contributed by atoms with van der Waals surface area (Å²) in [6, 6.07) is 3.51. The van der Waals surface area contributed by atoms with Crippen LogP contribution in [0.1, 0.15) is 10.5 Å². The Morgan fingerprint density at radius 1 is 1.75 bits per heavy atom. The molecule has 1 aromatic rings. The molecule has 0 aliphatic heterocycles. The summed E-state index contributed by atoms with van der Waals surface area (Å²) in [7, 11) is 0. The molecule has 0 fully saturated rings. The Hall–Kier alpha value is -0.570. The first-order chi connectivity index (χ1) is 3.84. The summed E-state index contributed by atoms with van der Waals surface area (Å²) < 4.78 is 1.58. The van der Waals surface area contributed by atoms with Crippen LogP contribution in [0.2, 0.25) is 0 Å². The van der Waals surface area contributed by atoms with Crippen LogP contribution in [0, 0.1) is 0 Å². The van der Waals surface area contributed by atoms with Crippen molar-refractivity contribution in [3.8, 4) is 0 Å². The summed E-state index contributed by atoms with van der Waals surface area (Å²) in [5.74, 6) is 0. The number of halogens is 1. The lowest BCUT2D eigenvalue weighted by atomic mass is 10.5. The lowest BCUT2D eigenvalue weighted by Crippen LogP contribution is -1.82. The van der Waals surface area contributed by atoms with E-state index in [2.05, 4.69) is 16.1 Å². The summed E-state index contributed by atoms with van der Waals surface area (Å²) >= 11 is 3.11. The first-order valence-electron chi connectivity index (χ1n) is 2.13. The molecule has 0 aliphatic rings. The molecular formula is C5H4BrNO. The monoisotopic (exact) mass is 173 g/mol. The summed E-state index contributed by atoms with van der Waals surface area (Å²) in [5, 5.41) is 0. The van der Waals surface area contributed by atoms with Crippen LogP contribution in [0.4, 0.5) is 0 Å². The Morgan fingerprint density at radius 3 is 2.75 bits per heavy atom. The molecule has 1 rings (SSSR count). The summed E-state index contributed by atoms with van der Waals surface area (Å²) in [4.78, 5) is 10.0. The van der Waals surface area contributed by atoms with Gasteiger partial charge in [0.2, 0.25) is 0 Å². The molecule has 0 radical (unpaired) electrons. The van der Waals surface area contributed by atoms with Crippen LogP contribution in [0.15, 0.2) is 18.3 Å². The Bertz CT molecular complexity index is 194. The van der Waals surface area contributed by atoms with Gasteiger partial charge < -0.3 is 0 Å². The molecule has 0 atom stereocenters. The fourth-order valence-electron chi connectivity index (χ4n) is 0.464. The predicted molar refractivity (Wildman–Crippen MR) is 34.1 cm³/mol. The number of rotatable bonds is 1. The zero-order chi connectivity index (χ0) is 5.98. The van der Waals surface area contributed by atoms with Crippen molar-refractivity contribution in [2.45, 2.75) is 0 Å². The van der Waals surface area contributed by atoms with E-state index in [-0.39, 0.29) is 0 Å². The van der Waals surface area contributed by atoms with E-state index in [1.165, 1.54) is 0 Å². The van der Waals surface area contributed by atoms with Crippen LogP contribution in [0.25, 0.3) is 0 Å². The lowest BCUT2D eigenvalue weighted by Gasteiger charge is -1.85. The SMILES string of the molecule is O=Cc1cccn1Br. The second-order valence-corrected chi connectivity index (χ2v) is 2.13. The maximum Gasteiger partial charge on any atom is 0.167 e. The summed E-state index contributed by atoms with van der Waals surface area (Å²) in [5.41, 5.74) is 0.630. The van der Waals surface area contributed by atoms with Crippen molar-refractivity contribution in [1.29, 1.82) is 0 Å². The lowest BCUT2D eigenvalue weighted by molar-refractivity contribution is 0.111. The highest BCUT2D eigenvalue weighted by molar-refractivity contribution is 9.08. The van der Waals surface area contributed by atoms with Gasteiger partial charge in [0.15, 0.2) is 6.29 Å². The topological polar surface area (TPSA) is 22.0 Å². The molecule has 0 unspecified atom stereocenters. The van der Waals surface area contributed by atoms with E-state index >= 15 is 0 Å². The van der Waals surface area contributed by atoms with Gasteiger partial charge in [0, 0.05) is 6.20 Å².